The summed E-state index contributed by atoms with van der Waals surface area (Å²) in [4.78, 5) is 15.5. The highest BCUT2D eigenvalue weighted by molar-refractivity contribution is 6.35. The summed E-state index contributed by atoms with van der Waals surface area (Å²) in [6.07, 6.45) is 4.63. The first kappa shape index (κ1) is 28.7. The summed E-state index contributed by atoms with van der Waals surface area (Å²) in [5.74, 6) is 0.470. The number of aromatic nitrogens is 5. The topological polar surface area (TPSA) is 78.1 Å². The molecule has 2 aliphatic rings. The normalized spacial score (nSPS) is 19.8. The van der Waals surface area contributed by atoms with Gasteiger partial charge in [0.15, 0.2) is 0 Å². The molecule has 0 N–H and O–H groups in total. The third-order valence-electron chi connectivity index (χ3n) is 8.35. The predicted octanol–water partition coefficient (Wildman–Crippen LogP) is 6.63. The lowest BCUT2D eigenvalue weighted by Gasteiger charge is -2.37. The molecule has 1 fully saturated rings. The highest BCUT2D eigenvalue weighted by Gasteiger charge is 2.36. The number of rotatable bonds is 5. The molecule has 220 valence electrons. The fourth-order valence-corrected chi connectivity index (χ4v) is 6.67. The van der Waals surface area contributed by atoms with Crippen LogP contribution in [0.1, 0.15) is 73.3 Å². The fraction of sp³-hybridized carbons (Fsp3) is 0.419. The lowest BCUT2D eigenvalue weighted by atomic mass is 9.89. The molecule has 2 aromatic carbocycles. The SMILES string of the molecule is Cc1nn(-c2ccc(Cl)cc2Cl)c(C)c1CC(=O)N1CCCC(c2cn([C@H]3CC(C)(C)Oc4ccc(F)cc43)nn2)C1. The van der Waals surface area contributed by atoms with Crippen LogP contribution in [0.2, 0.25) is 10.0 Å². The first-order valence-corrected chi connectivity index (χ1v) is 14.9. The summed E-state index contributed by atoms with van der Waals surface area (Å²) < 4.78 is 23.9. The van der Waals surface area contributed by atoms with Gasteiger partial charge in [-0.2, -0.15) is 5.10 Å². The average molecular weight is 612 g/mol. The molecule has 0 saturated carbocycles. The van der Waals surface area contributed by atoms with Crippen LogP contribution in [0.3, 0.4) is 0 Å². The third kappa shape index (κ3) is 5.52. The molecule has 1 saturated heterocycles. The number of carbonyl (C=O) groups is 1. The van der Waals surface area contributed by atoms with Crippen molar-refractivity contribution >= 4 is 29.1 Å². The first-order chi connectivity index (χ1) is 20.0. The number of fused-ring (bicyclic) bond motifs is 1. The quantitative estimate of drug-likeness (QED) is 0.253. The zero-order chi connectivity index (χ0) is 29.8. The van der Waals surface area contributed by atoms with Crippen molar-refractivity contribution in [3.05, 3.63) is 86.7 Å². The van der Waals surface area contributed by atoms with Gasteiger partial charge in [-0.25, -0.2) is 13.8 Å². The largest absolute Gasteiger partial charge is 0.487 e. The lowest BCUT2D eigenvalue weighted by Crippen LogP contribution is -2.40. The van der Waals surface area contributed by atoms with E-state index in [0.29, 0.717) is 35.3 Å². The van der Waals surface area contributed by atoms with Crippen molar-refractivity contribution in [3.63, 3.8) is 0 Å². The van der Waals surface area contributed by atoms with Gasteiger partial charge in [0.1, 0.15) is 17.2 Å². The Labute approximate surface area is 254 Å². The summed E-state index contributed by atoms with van der Waals surface area (Å²) in [6.45, 7) is 9.16. The number of carbonyl (C=O) groups excluding carboxylic acids is 1. The van der Waals surface area contributed by atoms with Gasteiger partial charge in [-0.1, -0.05) is 28.4 Å². The number of nitrogens with zero attached hydrogens (tertiary/aromatic N) is 6. The fourth-order valence-electron chi connectivity index (χ4n) is 6.18. The van der Waals surface area contributed by atoms with Gasteiger partial charge in [0.2, 0.25) is 5.91 Å². The van der Waals surface area contributed by atoms with E-state index in [1.807, 2.05) is 49.5 Å². The standard InChI is InChI=1S/C31H33Cl2FN6O2/c1-18-23(19(2)40(36-18)27-9-7-21(32)12-25(27)33)14-30(41)38-11-5-6-20(16-38)26-17-39(37-35-26)28-15-31(3,4)42-29-10-8-22(34)13-24(28)29/h7-10,12-13,17,20,28H,5-6,11,14-16H2,1-4H3/t20?,28-/m0/s1. The van der Waals surface area contributed by atoms with Gasteiger partial charge in [-0.05, 0) is 76.9 Å². The summed E-state index contributed by atoms with van der Waals surface area (Å²) in [6, 6.07) is 9.70. The van der Waals surface area contributed by atoms with Crippen LogP contribution in [-0.4, -0.2) is 54.3 Å². The van der Waals surface area contributed by atoms with Crippen LogP contribution in [0, 0.1) is 19.7 Å². The van der Waals surface area contributed by atoms with E-state index in [1.54, 1.807) is 22.9 Å². The van der Waals surface area contributed by atoms with Gasteiger partial charge in [-0.15, -0.1) is 5.10 Å². The maximum Gasteiger partial charge on any atom is 0.227 e. The van der Waals surface area contributed by atoms with Crippen LogP contribution in [0.5, 0.6) is 5.75 Å². The van der Waals surface area contributed by atoms with E-state index in [4.69, 9.17) is 27.9 Å². The van der Waals surface area contributed by atoms with Crippen molar-refractivity contribution in [2.24, 2.45) is 0 Å². The maximum atomic E-state index is 14.2. The first-order valence-electron chi connectivity index (χ1n) is 14.2. The lowest BCUT2D eigenvalue weighted by molar-refractivity contribution is -0.131. The smallest absolute Gasteiger partial charge is 0.227 e. The van der Waals surface area contributed by atoms with E-state index >= 15 is 0 Å². The highest BCUT2D eigenvalue weighted by atomic mass is 35.5. The Morgan fingerprint density at radius 3 is 2.76 bits per heavy atom. The number of piperidine rings is 1. The van der Waals surface area contributed by atoms with Crippen molar-refractivity contribution in [2.45, 2.75) is 70.9 Å². The van der Waals surface area contributed by atoms with E-state index in [-0.39, 0.29) is 30.1 Å². The van der Waals surface area contributed by atoms with Gasteiger partial charge in [-0.3, -0.25) is 4.79 Å². The molecule has 42 heavy (non-hydrogen) atoms. The van der Waals surface area contributed by atoms with Crippen LogP contribution >= 0.6 is 23.2 Å². The predicted molar refractivity (Wildman–Crippen MR) is 159 cm³/mol. The second-order valence-electron chi connectivity index (χ2n) is 11.9. The van der Waals surface area contributed by atoms with Crippen LogP contribution < -0.4 is 4.74 Å². The van der Waals surface area contributed by atoms with Gasteiger partial charge >= 0.3 is 0 Å². The molecular formula is C31H33Cl2FN6O2. The molecule has 1 unspecified atom stereocenters. The van der Waals surface area contributed by atoms with E-state index in [2.05, 4.69) is 15.4 Å². The Morgan fingerprint density at radius 2 is 1.98 bits per heavy atom. The van der Waals surface area contributed by atoms with Crippen molar-refractivity contribution in [3.8, 4) is 11.4 Å². The monoisotopic (exact) mass is 610 g/mol. The Hall–Kier alpha value is -3.43. The van der Waals surface area contributed by atoms with E-state index in [1.165, 1.54) is 12.1 Å². The second-order valence-corrected chi connectivity index (χ2v) is 12.7. The Balaban J connectivity index is 1.18. The zero-order valence-electron chi connectivity index (χ0n) is 24.1. The van der Waals surface area contributed by atoms with Crippen molar-refractivity contribution in [1.29, 1.82) is 0 Å². The number of benzene rings is 2. The van der Waals surface area contributed by atoms with Crippen LogP contribution in [0.4, 0.5) is 4.39 Å². The summed E-state index contributed by atoms with van der Waals surface area (Å²) in [7, 11) is 0. The summed E-state index contributed by atoms with van der Waals surface area (Å²) in [5.41, 5.74) is 4.45. The number of hydrogen-bond acceptors (Lipinski definition) is 5. The van der Waals surface area contributed by atoms with Crippen LogP contribution in [0.25, 0.3) is 5.69 Å². The molecule has 0 spiro atoms. The molecule has 0 bridgehead atoms. The average Bonchev–Trinajstić information content (AvgIpc) is 3.54. The van der Waals surface area contributed by atoms with Crippen molar-refractivity contribution < 1.29 is 13.9 Å². The Bertz CT molecular complexity index is 1670. The van der Waals surface area contributed by atoms with Crippen LogP contribution in [-0.2, 0) is 11.2 Å². The number of aryl methyl sites for hydroxylation is 1. The van der Waals surface area contributed by atoms with Crippen LogP contribution in [0.15, 0.2) is 42.6 Å². The van der Waals surface area contributed by atoms with Gasteiger partial charge < -0.3 is 9.64 Å². The molecule has 2 atom stereocenters. The summed E-state index contributed by atoms with van der Waals surface area (Å²) >= 11 is 12.5. The zero-order valence-corrected chi connectivity index (χ0v) is 25.6. The van der Waals surface area contributed by atoms with Gasteiger partial charge in [0, 0.05) is 53.5 Å². The number of halogens is 3. The number of likely N-dealkylation sites (tertiary alicyclic amines) is 1. The molecule has 2 aliphatic heterocycles. The number of amides is 1. The molecule has 4 aromatic rings. The third-order valence-corrected chi connectivity index (χ3v) is 8.89. The highest BCUT2D eigenvalue weighted by Crippen LogP contribution is 2.42. The Morgan fingerprint density at radius 1 is 1.17 bits per heavy atom. The minimum Gasteiger partial charge on any atom is -0.487 e. The minimum atomic E-state index is -0.432. The minimum absolute atomic E-state index is 0.0515. The van der Waals surface area contributed by atoms with Crippen molar-refractivity contribution in [2.75, 3.05) is 13.1 Å². The van der Waals surface area contributed by atoms with Crippen molar-refractivity contribution in [1.82, 2.24) is 29.7 Å². The van der Waals surface area contributed by atoms with E-state index in [0.717, 1.165) is 46.7 Å². The molecule has 1 amide bonds. The summed E-state index contributed by atoms with van der Waals surface area (Å²) in [5, 5.41) is 14.7. The molecule has 6 rings (SSSR count). The Kier molecular flexibility index (Phi) is 7.51. The molecule has 11 heteroatoms. The number of ether oxygens (including phenoxy) is 1. The molecule has 0 aliphatic carbocycles. The van der Waals surface area contributed by atoms with E-state index < -0.39 is 5.60 Å². The molecular weight excluding hydrogens is 578 g/mol. The second kappa shape index (κ2) is 11.0. The van der Waals surface area contributed by atoms with Gasteiger partial charge in [0.05, 0.1) is 34.6 Å². The molecule has 8 nitrogen and oxygen atoms in total. The van der Waals surface area contributed by atoms with Gasteiger partial charge in [0.25, 0.3) is 0 Å². The molecule has 2 aromatic heterocycles. The maximum absolute atomic E-state index is 14.2. The number of hydrogen-bond donors (Lipinski definition) is 0. The van der Waals surface area contributed by atoms with E-state index in [9.17, 15) is 9.18 Å². The molecule has 4 heterocycles. The molecule has 0 radical (unpaired) electrons.